The molecule has 0 atom stereocenters. The van der Waals surface area contributed by atoms with Crippen molar-refractivity contribution >= 4 is 17.6 Å². The fraction of sp³-hybridized carbons (Fsp3) is 0.250. The van der Waals surface area contributed by atoms with Crippen molar-refractivity contribution in [2.24, 2.45) is 12.9 Å². The highest BCUT2D eigenvalue weighted by molar-refractivity contribution is 5.51. The van der Waals surface area contributed by atoms with Crippen LogP contribution < -0.4 is 21.3 Å². The summed E-state index contributed by atoms with van der Waals surface area (Å²) >= 11 is 0. The summed E-state index contributed by atoms with van der Waals surface area (Å²) in [6.07, 6.45) is 3.43. The van der Waals surface area contributed by atoms with Crippen LogP contribution in [0.2, 0.25) is 0 Å². The van der Waals surface area contributed by atoms with Gasteiger partial charge in [0.05, 0.1) is 19.0 Å². The first-order valence-electron chi connectivity index (χ1n) is 4.73. The number of methoxy groups -OCH3 is 1. The van der Waals surface area contributed by atoms with Gasteiger partial charge in [0.1, 0.15) is 0 Å². The van der Waals surface area contributed by atoms with Gasteiger partial charge in [0.2, 0.25) is 11.9 Å². The predicted molar refractivity (Wildman–Crippen MR) is 60.7 cm³/mol. The molecule has 0 amide bonds. The van der Waals surface area contributed by atoms with Gasteiger partial charge in [0.15, 0.2) is 0 Å². The first kappa shape index (κ1) is 11.1. The van der Waals surface area contributed by atoms with Crippen molar-refractivity contribution in [2.75, 3.05) is 17.9 Å². The molecular weight excluding hydrogens is 224 g/mol. The smallest absolute Gasteiger partial charge is 0.322 e. The van der Waals surface area contributed by atoms with E-state index in [4.69, 9.17) is 10.6 Å². The van der Waals surface area contributed by atoms with Crippen LogP contribution in [0.3, 0.4) is 0 Å². The highest BCUT2D eigenvalue weighted by Gasteiger charge is 2.06. The number of aromatic nitrogens is 5. The maximum absolute atomic E-state index is 5.24. The van der Waals surface area contributed by atoms with E-state index in [1.54, 1.807) is 17.1 Å². The average Bonchev–Trinajstić information content (AvgIpc) is 2.74. The summed E-state index contributed by atoms with van der Waals surface area (Å²) in [5, 5.41) is 6.96. The Bertz CT molecular complexity index is 488. The molecule has 0 saturated heterocycles. The molecule has 17 heavy (non-hydrogen) atoms. The Morgan fingerprint density at radius 2 is 2.06 bits per heavy atom. The lowest BCUT2D eigenvalue weighted by Gasteiger charge is -2.05. The summed E-state index contributed by atoms with van der Waals surface area (Å²) in [5.41, 5.74) is 3.08. The predicted octanol–water partition coefficient (Wildman–Crippen LogP) is -0.357. The van der Waals surface area contributed by atoms with Gasteiger partial charge in [0.25, 0.3) is 0 Å². The molecule has 0 fully saturated rings. The number of nitrogens with two attached hydrogens (primary N) is 1. The standard InChI is InChI=1S/C8H12N8O/c1-16-4-5(3-10-16)11-6-12-7(15-9)14-8(13-6)17-2/h3-4H,9H2,1-2H3,(H2,11,12,13,14,15). The van der Waals surface area contributed by atoms with E-state index in [1.165, 1.54) is 7.11 Å². The van der Waals surface area contributed by atoms with Crippen LogP contribution in [0.4, 0.5) is 17.6 Å². The zero-order chi connectivity index (χ0) is 12.3. The van der Waals surface area contributed by atoms with Gasteiger partial charge in [-0.15, -0.1) is 0 Å². The number of aryl methyl sites for hydroxylation is 1. The Kier molecular flexibility index (Phi) is 3.01. The summed E-state index contributed by atoms with van der Waals surface area (Å²) in [4.78, 5) is 11.9. The molecule has 2 aromatic rings. The van der Waals surface area contributed by atoms with Crippen molar-refractivity contribution in [1.29, 1.82) is 0 Å². The monoisotopic (exact) mass is 236 g/mol. The number of anilines is 3. The Morgan fingerprint density at radius 3 is 2.65 bits per heavy atom. The Hall–Kier alpha value is -2.42. The molecule has 0 unspecified atom stereocenters. The lowest BCUT2D eigenvalue weighted by atomic mass is 10.6. The van der Waals surface area contributed by atoms with Crippen molar-refractivity contribution in [3.05, 3.63) is 12.4 Å². The van der Waals surface area contributed by atoms with Crippen LogP contribution in [-0.2, 0) is 7.05 Å². The molecule has 0 radical (unpaired) electrons. The van der Waals surface area contributed by atoms with Gasteiger partial charge in [0, 0.05) is 13.2 Å². The quantitative estimate of drug-likeness (QED) is 0.487. The number of hydrogen-bond donors (Lipinski definition) is 3. The minimum atomic E-state index is 0.166. The van der Waals surface area contributed by atoms with E-state index >= 15 is 0 Å². The van der Waals surface area contributed by atoms with E-state index in [0.717, 1.165) is 5.69 Å². The lowest BCUT2D eigenvalue weighted by molar-refractivity contribution is 0.379. The fourth-order valence-electron chi connectivity index (χ4n) is 1.18. The summed E-state index contributed by atoms with van der Waals surface area (Å²) in [7, 11) is 3.27. The number of ether oxygens (including phenoxy) is 1. The number of nitrogen functional groups attached to an aromatic ring is 1. The third-order valence-electron chi connectivity index (χ3n) is 1.89. The molecular formula is C8H12N8O. The van der Waals surface area contributed by atoms with Crippen molar-refractivity contribution in [3.63, 3.8) is 0 Å². The first-order valence-corrected chi connectivity index (χ1v) is 4.73. The van der Waals surface area contributed by atoms with E-state index < -0.39 is 0 Å². The van der Waals surface area contributed by atoms with Gasteiger partial charge in [-0.2, -0.15) is 20.1 Å². The van der Waals surface area contributed by atoms with E-state index in [2.05, 4.69) is 30.8 Å². The molecule has 9 nitrogen and oxygen atoms in total. The second-order valence-electron chi connectivity index (χ2n) is 3.14. The van der Waals surface area contributed by atoms with Crippen LogP contribution in [0.1, 0.15) is 0 Å². The van der Waals surface area contributed by atoms with Crippen LogP contribution in [0, 0.1) is 0 Å². The van der Waals surface area contributed by atoms with Gasteiger partial charge >= 0.3 is 6.01 Å². The largest absolute Gasteiger partial charge is 0.467 e. The summed E-state index contributed by atoms with van der Waals surface area (Å²) in [6, 6.07) is 0.166. The van der Waals surface area contributed by atoms with E-state index in [-0.39, 0.29) is 12.0 Å². The van der Waals surface area contributed by atoms with Crippen molar-refractivity contribution in [1.82, 2.24) is 24.7 Å². The van der Waals surface area contributed by atoms with Crippen LogP contribution in [0.5, 0.6) is 6.01 Å². The number of nitrogens with one attached hydrogen (secondary N) is 2. The molecule has 9 heteroatoms. The van der Waals surface area contributed by atoms with Gasteiger partial charge in [-0.05, 0) is 0 Å². The van der Waals surface area contributed by atoms with Crippen molar-refractivity contribution in [3.8, 4) is 6.01 Å². The van der Waals surface area contributed by atoms with Crippen LogP contribution in [0.25, 0.3) is 0 Å². The number of hydrogen-bond acceptors (Lipinski definition) is 8. The van der Waals surface area contributed by atoms with E-state index in [9.17, 15) is 0 Å². The van der Waals surface area contributed by atoms with Gasteiger partial charge in [-0.25, -0.2) is 5.84 Å². The Labute approximate surface area is 97.0 Å². The Balaban J connectivity index is 2.25. The minimum Gasteiger partial charge on any atom is -0.467 e. The van der Waals surface area contributed by atoms with Crippen LogP contribution in [-0.4, -0.2) is 31.8 Å². The molecule has 0 aliphatic carbocycles. The molecule has 4 N–H and O–H groups in total. The second kappa shape index (κ2) is 4.61. The first-order chi connectivity index (χ1) is 8.21. The lowest BCUT2D eigenvalue weighted by Crippen LogP contribution is -2.13. The highest BCUT2D eigenvalue weighted by Crippen LogP contribution is 2.14. The molecule has 0 saturated carbocycles. The summed E-state index contributed by atoms with van der Waals surface area (Å²) in [6.45, 7) is 0. The third kappa shape index (κ3) is 2.58. The fourth-order valence-corrected chi connectivity index (χ4v) is 1.18. The van der Waals surface area contributed by atoms with Gasteiger partial charge in [-0.3, -0.25) is 10.1 Å². The van der Waals surface area contributed by atoms with Crippen LogP contribution >= 0.6 is 0 Å². The maximum atomic E-state index is 5.24. The molecule has 0 spiro atoms. The molecule has 0 bridgehead atoms. The van der Waals surface area contributed by atoms with Gasteiger partial charge < -0.3 is 10.1 Å². The van der Waals surface area contributed by atoms with Crippen molar-refractivity contribution < 1.29 is 4.74 Å². The number of rotatable bonds is 4. The molecule has 0 aliphatic heterocycles. The van der Waals surface area contributed by atoms with Crippen molar-refractivity contribution in [2.45, 2.75) is 0 Å². The van der Waals surface area contributed by atoms with Crippen LogP contribution in [0.15, 0.2) is 12.4 Å². The SMILES string of the molecule is COc1nc(NN)nc(Nc2cnn(C)c2)n1. The number of hydrazine groups is 1. The topological polar surface area (TPSA) is 116 Å². The normalized spacial score (nSPS) is 10.1. The third-order valence-corrected chi connectivity index (χ3v) is 1.89. The zero-order valence-corrected chi connectivity index (χ0v) is 9.38. The molecule has 2 heterocycles. The Morgan fingerprint density at radius 1 is 1.29 bits per heavy atom. The molecule has 2 aromatic heterocycles. The molecule has 0 aromatic carbocycles. The van der Waals surface area contributed by atoms with Gasteiger partial charge in [-0.1, -0.05) is 0 Å². The summed E-state index contributed by atoms with van der Waals surface area (Å²) in [5.74, 6) is 5.77. The van der Waals surface area contributed by atoms with E-state index in [0.29, 0.717) is 5.95 Å². The average molecular weight is 236 g/mol. The number of nitrogens with zero attached hydrogens (tertiary/aromatic N) is 5. The minimum absolute atomic E-state index is 0.166. The zero-order valence-electron chi connectivity index (χ0n) is 9.38. The highest BCUT2D eigenvalue weighted by atomic mass is 16.5. The maximum Gasteiger partial charge on any atom is 0.322 e. The second-order valence-corrected chi connectivity index (χ2v) is 3.14. The summed E-state index contributed by atoms with van der Waals surface area (Å²) < 4.78 is 6.58. The van der Waals surface area contributed by atoms with E-state index in [1.807, 2.05) is 7.05 Å². The molecule has 0 aliphatic rings. The molecule has 90 valence electrons. The molecule has 2 rings (SSSR count).